The summed E-state index contributed by atoms with van der Waals surface area (Å²) >= 11 is 6.02. The molecule has 0 atom stereocenters. The lowest BCUT2D eigenvalue weighted by Gasteiger charge is -2.08. The van der Waals surface area contributed by atoms with Crippen LogP contribution in [0.15, 0.2) is 42.6 Å². The summed E-state index contributed by atoms with van der Waals surface area (Å²) in [7, 11) is 1.57. The zero-order chi connectivity index (χ0) is 15.1. The van der Waals surface area contributed by atoms with Crippen molar-refractivity contribution in [2.45, 2.75) is 6.54 Å². The highest BCUT2D eigenvalue weighted by molar-refractivity contribution is 6.32. The van der Waals surface area contributed by atoms with Crippen LogP contribution in [0.25, 0.3) is 0 Å². The first-order chi connectivity index (χ1) is 10.2. The van der Waals surface area contributed by atoms with E-state index in [9.17, 15) is 4.79 Å². The minimum Gasteiger partial charge on any atom is -0.484 e. The van der Waals surface area contributed by atoms with Crippen molar-refractivity contribution in [2.75, 3.05) is 19.0 Å². The molecule has 0 saturated heterocycles. The van der Waals surface area contributed by atoms with Gasteiger partial charge in [-0.2, -0.15) is 0 Å². The Bertz CT molecular complexity index is 602. The van der Waals surface area contributed by atoms with Crippen molar-refractivity contribution >= 4 is 23.3 Å². The number of nitrogens with zero attached hydrogens (tertiary/aromatic N) is 1. The zero-order valence-electron chi connectivity index (χ0n) is 11.6. The molecule has 0 bridgehead atoms. The van der Waals surface area contributed by atoms with Crippen LogP contribution < -0.4 is 15.4 Å². The first kappa shape index (κ1) is 15.1. The Balaban J connectivity index is 1.88. The van der Waals surface area contributed by atoms with Crippen LogP contribution in [0.1, 0.15) is 5.56 Å². The number of benzene rings is 1. The Morgan fingerprint density at radius 2 is 2.05 bits per heavy atom. The molecular formula is C15H16ClN3O2. The summed E-state index contributed by atoms with van der Waals surface area (Å²) in [5.74, 6) is 1.14. The molecule has 0 fully saturated rings. The number of rotatable bonds is 6. The van der Waals surface area contributed by atoms with Gasteiger partial charge in [0.15, 0.2) is 6.61 Å². The van der Waals surface area contributed by atoms with E-state index in [4.69, 9.17) is 16.3 Å². The highest BCUT2D eigenvalue weighted by Crippen LogP contribution is 2.19. The van der Waals surface area contributed by atoms with E-state index >= 15 is 0 Å². The summed E-state index contributed by atoms with van der Waals surface area (Å²) in [4.78, 5) is 15.2. The van der Waals surface area contributed by atoms with E-state index in [0.717, 1.165) is 5.56 Å². The fourth-order valence-corrected chi connectivity index (χ4v) is 1.81. The third kappa shape index (κ3) is 4.65. The number of anilines is 1. The Kier molecular flexibility index (Phi) is 5.40. The Morgan fingerprint density at radius 3 is 2.71 bits per heavy atom. The Morgan fingerprint density at radius 1 is 1.29 bits per heavy atom. The Labute approximate surface area is 128 Å². The number of carbonyl (C=O) groups is 1. The fraction of sp³-hybridized carbons (Fsp3) is 0.200. The number of pyridine rings is 1. The molecule has 2 aromatic rings. The molecule has 2 rings (SSSR count). The molecule has 21 heavy (non-hydrogen) atoms. The van der Waals surface area contributed by atoms with Crippen LogP contribution in [0.3, 0.4) is 0 Å². The molecule has 2 N–H and O–H groups in total. The smallest absolute Gasteiger partial charge is 0.257 e. The normalized spacial score (nSPS) is 10.0. The molecule has 6 heteroatoms. The first-order valence-electron chi connectivity index (χ1n) is 6.46. The van der Waals surface area contributed by atoms with Gasteiger partial charge in [0.1, 0.15) is 11.6 Å². The van der Waals surface area contributed by atoms with Crippen molar-refractivity contribution in [1.82, 2.24) is 10.3 Å². The highest BCUT2D eigenvalue weighted by atomic mass is 35.5. The van der Waals surface area contributed by atoms with E-state index < -0.39 is 0 Å². The number of hydrogen-bond donors (Lipinski definition) is 2. The minimum atomic E-state index is -0.162. The van der Waals surface area contributed by atoms with Crippen LogP contribution >= 0.6 is 11.6 Å². The van der Waals surface area contributed by atoms with Gasteiger partial charge in [-0.25, -0.2) is 4.98 Å². The molecule has 110 valence electrons. The van der Waals surface area contributed by atoms with Crippen LogP contribution in [-0.2, 0) is 11.3 Å². The first-order valence-corrected chi connectivity index (χ1v) is 6.83. The standard InChI is InChI=1S/C15H16ClN3O2/c1-17-14(20)10-21-12-6-4-11(5-7-12)9-19-15-13(16)3-2-8-18-15/h2-8H,9-10H2,1H3,(H,17,20)(H,18,19). The van der Waals surface area contributed by atoms with E-state index in [1.807, 2.05) is 24.3 Å². The molecule has 1 amide bonds. The summed E-state index contributed by atoms with van der Waals surface area (Å²) in [6.45, 7) is 0.615. The number of likely N-dealkylation sites (N-methyl/N-ethyl adjacent to an activating group) is 1. The van der Waals surface area contributed by atoms with E-state index in [1.54, 1.807) is 25.4 Å². The van der Waals surface area contributed by atoms with Crippen LogP contribution in [-0.4, -0.2) is 24.5 Å². The zero-order valence-corrected chi connectivity index (χ0v) is 12.4. The van der Waals surface area contributed by atoms with Crippen LogP contribution in [0.5, 0.6) is 5.75 Å². The van der Waals surface area contributed by atoms with Crippen LogP contribution in [0, 0.1) is 0 Å². The van der Waals surface area contributed by atoms with Gasteiger partial charge in [0.05, 0.1) is 5.02 Å². The van der Waals surface area contributed by atoms with Gasteiger partial charge in [0.25, 0.3) is 5.91 Å². The van der Waals surface area contributed by atoms with Gasteiger partial charge in [0.2, 0.25) is 0 Å². The van der Waals surface area contributed by atoms with Crippen molar-refractivity contribution in [1.29, 1.82) is 0 Å². The average molecular weight is 306 g/mol. The lowest BCUT2D eigenvalue weighted by molar-refractivity contribution is -0.122. The molecule has 0 aliphatic heterocycles. The predicted octanol–water partition coefficient (Wildman–Crippen LogP) is 2.47. The minimum absolute atomic E-state index is 0.0115. The number of carbonyl (C=O) groups excluding carboxylic acids is 1. The Hall–Kier alpha value is -2.27. The number of aromatic nitrogens is 1. The fourth-order valence-electron chi connectivity index (χ4n) is 1.63. The number of hydrogen-bond acceptors (Lipinski definition) is 4. The summed E-state index contributed by atoms with van der Waals surface area (Å²) in [5, 5.41) is 6.24. The lowest BCUT2D eigenvalue weighted by atomic mass is 10.2. The SMILES string of the molecule is CNC(=O)COc1ccc(CNc2ncccc2Cl)cc1. The van der Waals surface area contributed by atoms with Crippen molar-refractivity contribution in [3.05, 3.63) is 53.2 Å². The molecule has 1 aromatic carbocycles. The molecule has 0 radical (unpaired) electrons. The van der Waals surface area contributed by atoms with Crippen LogP contribution in [0.4, 0.5) is 5.82 Å². The van der Waals surface area contributed by atoms with Crippen molar-refractivity contribution in [3.63, 3.8) is 0 Å². The monoisotopic (exact) mass is 305 g/mol. The molecule has 0 unspecified atom stereocenters. The van der Waals surface area contributed by atoms with E-state index in [1.165, 1.54) is 0 Å². The number of halogens is 1. The largest absolute Gasteiger partial charge is 0.484 e. The molecule has 0 aliphatic carbocycles. The molecule has 0 saturated carbocycles. The van der Waals surface area contributed by atoms with Gasteiger partial charge in [-0.15, -0.1) is 0 Å². The maximum Gasteiger partial charge on any atom is 0.257 e. The van der Waals surface area contributed by atoms with Crippen molar-refractivity contribution < 1.29 is 9.53 Å². The molecule has 5 nitrogen and oxygen atoms in total. The van der Waals surface area contributed by atoms with Gasteiger partial charge in [-0.3, -0.25) is 4.79 Å². The van der Waals surface area contributed by atoms with E-state index in [-0.39, 0.29) is 12.5 Å². The van der Waals surface area contributed by atoms with Crippen molar-refractivity contribution in [2.24, 2.45) is 0 Å². The molecule has 1 aromatic heterocycles. The summed E-state index contributed by atoms with van der Waals surface area (Å²) in [5.41, 5.74) is 1.06. The maximum atomic E-state index is 11.1. The second-order valence-electron chi connectivity index (χ2n) is 4.29. The van der Waals surface area contributed by atoms with Gasteiger partial charge >= 0.3 is 0 Å². The molecule has 0 aliphatic rings. The van der Waals surface area contributed by atoms with Crippen molar-refractivity contribution in [3.8, 4) is 5.75 Å². The molecule has 1 heterocycles. The topological polar surface area (TPSA) is 63.2 Å². The van der Waals surface area contributed by atoms with Crippen LogP contribution in [0.2, 0.25) is 5.02 Å². The van der Waals surface area contributed by atoms with Gasteiger partial charge < -0.3 is 15.4 Å². The average Bonchev–Trinajstić information content (AvgIpc) is 2.53. The second kappa shape index (κ2) is 7.50. The highest BCUT2D eigenvalue weighted by Gasteiger charge is 2.02. The number of ether oxygens (including phenoxy) is 1. The molecule has 0 spiro atoms. The van der Waals surface area contributed by atoms with E-state index in [0.29, 0.717) is 23.1 Å². The third-order valence-electron chi connectivity index (χ3n) is 2.79. The predicted molar refractivity (Wildman–Crippen MR) is 82.6 cm³/mol. The van der Waals surface area contributed by atoms with Gasteiger partial charge in [-0.05, 0) is 29.8 Å². The quantitative estimate of drug-likeness (QED) is 0.860. The third-order valence-corrected chi connectivity index (χ3v) is 3.10. The number of amides is 1. The summed E-state index contributed by atoms with van der Waals surface area (Å²) in [6.07, 6.45) is 1.68. The summed E-state index contributed by atoms with van der Waals surface area (Å²) < 4.78 is 5.33. The van der Waals surface area contributed by atoms with E-state index in [2.05, 4.69) is 15.6 Å². The second-order valence-corrected chi connectivity index (χ2v) is 4.70. The lowest BCUT2D eigenvalue weighted by Crippen LogP contribution is -2.24. The number of nitrogens with one attached hydrogen (secondary N) is 2. The van der Waals surface area contributed by atoms with Gasteiger partial charge in [-0.1, -0.05) is 23.7 Å². The molecular weight excluding hydrogens is 290 g/mol. The van der Waals surface area contributed by atoms with Gasteiger partial charge in [0, 0.05) is 19.8 Å². The maximum absolute atomic E-state index is 11.1. The summed E-state index contributed by atoms with van der Waals surface area (Å²) in [6, 6.07) is 11.0.